The second kappa shape index (κ2) is 14.1. The Morgan fingerprint density at radius 1 is 1.05 bits per heavy atom. The highest BCUT2D eigenvalue weighted by atomic mass is 32.2. The van der Waals surface area contributed by atoms with E-state index < -0.39 is 6.04 Å². The number of hydrogen-bond acceptors (Lipinski definition) is 9. The number of carbonyl (C=O) groups is 2. The van der Waals surface area contributed by atoms with E-state index in [1.165, 1.54) is 18.9 Å². The van der Waals surface area contributed by atoms with Gasteiger partial charge < -0.3 is 29.7 Å². The van der Waals surface area contributed by atoms with Gasteiger partial charge in [0.2, 0.25) is 11.1 Å². The Balaban J connectivity index is 1.72. The number of benzene rings is 2. The predicted octanol–water partition coefficient (Wildman–Crippen LogP) is 4.97. The SMILES string of the molecule is CCOc1ccccc1NC(=O)C1=C(C)Nc2nc(SCC)nn2C1c1ccc(OCC(=O)N(CC)CC)c(OC)c1. The molecule has 1 aliphatic heterocycles. The minimum absolute atomic E-state index is 0.109. The molecular formula is C30H38N6O5S. The van der Waals surface area contributed by atoms with Crippen LogP contribution < -0.4 is 24.8 Å². The second-order valence-corrected chi connectivity index (χ2v) is 10.5. The third-order valence-electron chi connectivity index (χ3n) is 6.76. The van der Waals surface area contributed by atoms with Crippen molar-refractivity contribution in [2.75, 3.05) is 49.8 Å². The highest BCUT2D eigenvalue weighted by molar-refractivity contribution is 7.99. The van der Waals surface area contributed by atoms with Crippen LogP contribution in [0.2, 0.25) is 0 Å². The molecule has 4 rings (SSSR count). The lowest BCUT2D eigenvalue weighted by molar-refractivity contribution is -0.133. The predicted molar refractivity (Wildman–Crippen MR) is 164 cm³/mol. The minimum Gasteiger partial charge on any atom is -0.493 e. The van der Waals surface area contributed by atoms with Crippen LogP contribution in [0.1, 0.15) is 46.2 Å². The molecular weight excluding hydrogens is 556 g/mol. The van der Waals surface area contributed by atoms with E-state index >= 15 is 0 Å². The number of ether oxygens (including phenoxy) is 3. The number of amides is 2. The van der Waals surface area contributed by atoms with E-state index in [0.29, 0.717) is 65.0 Å². The summed E-state index contributed by atoms with van der Waals surface area (Å²) < 4.78 is 19.0. The maximum atomic E-state index is 14.0. The molecule has 2 amide bonds. The highest BCUT2D eigenvalue weighted by Crippen LogP contribution is 2.40. The van der Waals surface area contributed by atoms with Crippen LogP contribution in [-0.4, -0.2) is 70.6 Å². The van der Waals surface area contributed by atoms with Gasteiger partial charge in [-0.3, -0.25) is 9.59 Å². The van der Waals surface area contributed by atoms with Gasteiger partial charge in [-0.25, -0.2) is 4.68 Å². The number of carbonyl (C=O) groups excluding carboxylic acids is 2. The first-order valence-electron chi connectivity index (χ1n) is 14.0. The number of nitrogens with one attached hydrogen (secondary N) is 2. The zero-order valence-corrected chi connectivity index (χ0v) is 25.7. The summed E-state index contributed by atoms with van der Waals surface area (Å²) in [6.07, 6.45) is 0. The van der Waals surface area contributed by atoms with Crippen molar-refractivity contribution in [3.63, 3.8) is 0 Å². The molecule has 2 N–H and O–H groups in total. The van der Waals surface area contributed by atoms with E-state index in [4.69, 9.17) is 19.3 Å². The number of allylic oxidation sites excluding steroid dienone is 1. The van der Waals surface area contributed by atoms with E-state index in [1.54, 1.807) is 27.8 Å². The lowest BCUT2D eigenvalue weighted by Crippen LogP contribution is -2.34. The summed E-state index contributed by atoms with van der Waals surface area (Å²) in [5, 5.41) is 11.6. The molecule has 2 aromatic carbocycles. The fourth-order valence-corrected chi connectivity index (χ4v) is 5.30. The second-order valence-electron chi connectivity index (χ2n) is 9.31. The van der Waals surface area contributed by atoms with Crippen molar-refractivity contribution in [3.8, 4) is 17.2 Å². The molecule has 0 bridgehead atoms. The van der Waals surface area contributed by atoms with Gasteiger partial charge in [0, 0.05) is 18.8 Å². The van der Waals surface area contributed by atoms with Crippen molar-refractivity contribution < 1.29 is 23.8 Å². The molecule has 42 heavy (non-hydrogen) atoms. The first-order valence-corrected chi connectivity index (χ1v) is 15.0. The highest BCUT2D eigenvalue weighted by Gasteiger charge is 2.35. The maximum absolute atomic E-state index is 14.0. The monoisotopic (exact) mass is 594 g/mol. The number of anilines is 2. The number of nitrogens with zero attached hydrogens (tertiary/aromatic N) is 4. The molecule has 0 radical (unpaired) electrons. The van der Waals surface area contributed by atoms with Crippen LogP contribution in [-0.2, 0) is 9.59 Å². The Morgan fingerprint density at radius 3 is 2.50 bits per heavy atom. The molecule has 2 heterocycles. The van der Waals surface area contributed by atoms with Gasteiger partial charge in [-0.1, -0.05) is 36.9 Å². The van der Waals surface area contributed by atoms with Crippen LogP contribution in [0.25, 0.3) is 0 Å². The Kier molecular flexibility index (Phi) is 10.3. The largest absolute Gasteiger partial charge is 0.493 e. The van der Waals surface area contributed by atoms with E-state index in [9.17, 15) is 9.59 Å². The number of para-hydroxylation sites is 2. The summed E-state index contributed by atoms with van der Waals surface area (Å²) in [5.74, 6) is 2.35. The van der Waals surface area contributed by atoms with Crippen molar-refractivity contribution in [3.05, 3.63) is 59.3 Å². The fraction of sp³-hybridized carbons (Fsp3) is 0.400. The van der Waals surface area contributed by atoms with Crippen LogP contribution in [0.5, 0.6) is 17.2 Å². The average Bonchev–Trinajstić information content (AvgIpc) is 3.39. The summed E-state index contributed by atoms with van der Waals surface area (Å²) in [7, 11) is 1.54. The standard InChI is InChI=1S/C30H38N6O5S/c1-7-35(8-2)25(37)18-41-23-16-15-20(17-24(23)39-6)27-26(19(5)31-29-33-30(42-10-4)34-36(27)29)28(38)32-21-13-11-12-14-22(21)40-9-3/h11-17,27H,7-10,18H2,1-6H3,(H,32,38)(H,31,33,34). The average molecular weight is 595 g/mol. The summed E-state index contributed by atoms with van der Waals surface area (Å²) in [4.78, 5) is 32.8. The number of methoxy groups -OCH3 is 1. The Labute approximate surface area is 250 Å². The zero-order chi connectivity index (χ0) is 30.2. The van der Waals surface area contributed by atoms with E-state index in [-0.39, 0.29) is 18.4 Å². The molecule has 1 aliphatic rings. The fourth-order valence-electron chi connectivity index (χ4n) is 4.75. The number of thioether (sulfide) groups is 1. The van der Waals surface area contributed by atoms with Crippen LogP contribution in [0.3, 0.4) is 0 Å². The summed E-state index contributed by atoms with van der Waals surface area (Å²) in [6.45, 7) is 11.2. The number of fused-ring (bicyclic) bond motifs is 1. The number of likely N-dealkylation sites (N-methyl/N-ethyl adjacent to an activating group) is 1. The molecule has 0 saturated heterocycles. The van der Waals surface area contributed by atoms with Crippen LogP contribution in [0.4, 0.5) is 11.6 Å². The molecule has 224 valence electrons. The maximum Gasteiger partial charge on any atom is 0.260 e. The van der Waals surface area contributed by atoms with E-state index in [2.05, 4.69) is 15.6 Å². The van der Waals surface area contributed by atoms with Gasteiger partial charge >= 0.3 is 0 Å². The van der Waals surface area contributed by atoms with Crippen molar-refractivity contribution >= 4 is 35.2 Å². The zero-order valence-electron chi connectivity index (χ0n) is 24.9. The van der Waals surface area contributed by atoms with Gasteiger partial charge in [0.1, 0.15) is 11.8 Å². The number of rotatable bonds is 13. The molecule has 1 atom stereocenters. The van der Waals surface area contributed by atoms with Crippen molar-refractivity contribution in [1.82, 2.24) is 19.7 Å². The first kappa shape index (κ1) is 30.8. The number of aromatic nitrogens is 3. The third-order valence-corrected chi connectivity index (χ3v) is 7.48. The van der Waals surface area contributed by atoms with Crippen LogP contribution in [0, 0.1) is 0 Å². The molecule has 11 nitrogen and oxygen atoms in total. The third kappa shape index (κ3) is 6.64. The topological polar surface area (TPSA) is 120 Å². The minimum atomic E-state index is -0.625. The van der Waals surface area contributed by atoms with Gasteiger partial charge in [0.25, 0.3) is 11.8 Å². The van der Waals surface area contributed by atoms with E-state index in [0.717, 1.165) is 11.3 Å². The van der Waals surface area contributed by atoms with Gasteiger partial charge in [-0.2, -0.15) is 4.98 Å². The molecule has 0 spiro atoms. The van der Waals surface area contributed by atoms with Crippen molar-refractivity contribution in [2.45, 2.75) is 45.8 Å². The Hall–Kier alpha value is -4.19. The summed E-state index contributed by atoms with van der Waals surface area (Å²) in [5.41, 5.74) is 2.40. The Morgan fingerprint density at radius 2 is 1.81 bits per heavy atom. The molecule has 0 fully saturated rings. The normalized spacial score (nSPS) is 14.1. The van der Waals surface area contributed by atoms with E-state index in [1.807, 2.05) is 58.9 Å². The summed E-state index contributed by atoms with van der Waals surface area (Å²) >= 11 is 1.51. The summed E-state index contributed by atoms with van der Waals surface area (Å²) in [6, 6.07) is 12.1. The molecule has 1 aromatic heterocycles. The van der Waals surface area contributed by atoms with Gasteiger partial charge in [-0.05, 0) is 63.3 Å². The van der Waals surface area contributed by atoms with Crippen LogP contribution in [0.15, 0.2) is 58.9 Å². The molecule has 1 unspecified atom stereocenters. The van der Waals surface area contributed by atoms with Gasteiger partial charge in [0.05, 0.1) is 25.0 Å². The lowest BCUT2D eigenvalue weighted by Gasteiger charge is -2.29. The Bertz CT molecular complexity index is 1450. The lowest BCUT2D eigenvalue weighted by atomic mass is 9.94. The first-order chi connectivity index (χ1) is 20.3. The van der Waals surface area contributed by atoms with Crippen LogP contribution >= 0.6 is 11.8 Å². The molecule has 3 aromatic rings. The quantitative estimate of drug-likeness (QED) is 0.264. The molecule has 0 aliphatic carbocycles. The smallest absolute Gasteiger partial charge is 0.260 e. The molecule has 0 saturated carbocycles. The number of hydrogen-bond donors (Lipinski definition) is 2. The van der Waals surface area contributed by atoms with Gasteiger partial charge in [-0.15, -0.1) is 5.10 Å². The van der Waals surface area contributed by atoms with Crippen molar-refractivity contribution in [2.24, 2.45) is 0 Å². The van der Waals surface area contributed by atoms with Crippen molar-refractivity contribution in [1.29, 1.82) is 0 Å². The van der Waals surface area contributed by atoms with Gasteiger partial charge in [0.15, 0.2) is 18.1 Å². The molecule has 12 heteroatoms.